The third-order valence-corrected chi connectivity index (χ3v) is 4.32. The Morgan fingerprint density at radius 3 is 2.79 bits per heavy atom. The number of benzene rings is 1. The number of imidazole rings is 1. The van der Waals surface area contributed by atoms with Crippen molar-refractivity contribution in [2.75, 3.05) is 12.4 Å². The van der Waals surface area contributed by atoms with Crippen LogP contribution >= 0.6 is 0 Å². The lowest BCUT2D eigenvalue weighted by atomic mass is 10.2. The molecule has 0 atom stereocenters. The normalized spacial score (nSPS) is 11.5. The highest BCUT2D eigenvalue weighted by atomic mass is 32.2. The molecule has 0 aliphatic carbocycles. The van der Waals surface area contributed by atoms with Gasteiger partial charge in [-0.1, -0.05) is 6.07 Å². The first-order valence-corrected chi connectivity index (χ1v) is 7.27. The summed E-state index contributed by atoms with van der Waals surface area (Å²) in [6.07, 6.45) is 3.41. The van der Waals surface area contributed by atoms with E-state index < -0.39 is 10.0 Å². The predicted octanol–water partition coefficient (Wildman–Crippen LogP) is 1.24. The number of anilines is 1. The van der Waals surface area contributed by atoms with Gasteiger partial charge in [0.25, 0.3) is 0 Å². The van der Waals surface area contributed by atoms with Crippen molar-refractivity contribution in [3.63, 3.8) is 0 Å². The highest BCUT2D eigenvalue weighted by molar-refractivity contribution is 7.89. The predicted molar refractivity (Wildman–Crippen MR) is 73.3 cm³/mol. The molecular weight excluding hydrogens is 264 g/mol. The highest BCUT2D eigenvalue weighted by Gasteiger charge is 2.14. The van der Waals surface area contributed by atoms with Crippen LogP contribution in [-0.2, 0) is 16.6 Å². The molecule has 0 fully saturated rings. The third-order valence-electron chi connectivity index (χ3n) is 2.76. The number of aromatic amines is 1. The van der Waals surface area contributed by atoms with Crippen molar-refractivity contribution < 1.29 is 8.42 Å². The van der Waals surface area contributed by atoms with E-state index in [1.165, 1.54) is 7.05 Å². The van der Waals surface area contributed by atoms with Gasteiger partial charge in [0.15, 0.2) is 0 Å². The number of aromatic nitrogens is 2. The van der Waals surface area contributed by atoms with E-state index in [0.29, 0.717) is 12.1 Å². The molecule has 102 valence electrons. The zero-order valence-electron chi connectivity index (χ0n) is 10.8. The van der Waals surface area contributed by atoms with Crippen LogP contribution in [0.4, 0.5) is 5.69 Å². The summed E-state index contributed by atoms with van der Waals surface area (Å²) in [6.45, 7) is 2.27. The summed E-state index contributed by atoms with van der Waals surface area (Å²) in [7, 11) is -2.04. The van der Waals surface area contributed by atoms with Crippen molar-refractivity contribution in [2.45, 2.75) is 18.4 Å². The zero-order chi connectivity index (χ0) is 13.9. The zero-order valence-corrected chi connectivity index (χ0v) is 11.6. The first kappa shape index (κ1) is 13.6. The van der Waals surface area contributed by atoms with Crippen LogP contribution in [-0.4, -0.2) is 25.4 Å². The standard InChI is InChI=1S/C12H16N4O2S/c1-9-3-4-10(7-11(9)19(17,18)13-2)16-8-12-14-5-6-15-12/h3-7,13,16H,8H2,1-2H3,(H,14,15). The van der Waals surface area contributed by atoms with Gasteiger partial charge in [-0.3, -0.25) is 0 Å². The van der Waals surface area contributed by atoms with Crippen LogP contribution in [0.1, 0.15) is 11.4 Å². The Morgan fingerprint density at radius 2 is 2.16 bits per heavy atom. The van der Waals surface area contributed by atoms with E-state index in [0.717, 1.165) is 11.5 Å². The molecule has 19 heavy (non-hydrogen) atoms. The minimum atomic E-state index is -3.44. The Labute approximate surface area is 112 Å². The second-order valence-corrected chi connectivity index (χ2v) is 5.93. The number of aryl methyl sites for hydroxylation is 1. The van der Waals surface area contributed by atoms with Gasteiger partial charge in [-0.25, -0.2) is 18.1 Å². The molecule has 2 rings (SSSR count). The Morgan fingerprint density at radius 1 is 1.37 bits per heavy atom. The van der Waals surface area contributed by atoms with Gasteiger partial charge in [0.05, 0.1) is 11.4 Å². The molecule has 0 radical (unpaired) electrons. The number of nitrogens with zero attached hydrogens (tertiary/aromatic N) is 1. The second-order valence-electron chi connectivity index (χ2n) is 4.08. The van der Waals surface area contributed by atoms with Gasteiger partial charge >= 0.3 is 0 Å². The van der Waals surface area contributed by atoms with Crippen LogP contribution in [0.25, 0.3) is 0 Å². The maximum Gasteiger partial charge on any atom is 0.240 e. The molecular formula is C12H16N4O2S. The molecule has 1 heterocycles. The average molecular weight is 280 g/mol. The average Bonchev–Trinajstić information content (AvgIpc) is 2.91. The molecule has 0 unspecified atom stereocenters. The number of nitrogens with one attached hydrogen (secondary N) is 3. The van der Waals surface area contributed by atoms with Crippen LogP contribution in [0.15, 0.2) is 35.5 Å². The van der Waals surface area contributed by atoms with Crippen LogP contribution in [0.3, 0.4) is 0 Å². The Hall–Kier alpha value is -1.86. The molecule has 0 aliphatic heterocycles. The molecule has 0 aliphatic rings. The van der Waals surface area contributed by atoms with Crippen LogP contribution in [0.2, 0.25) is 0 Å². The Balaban J connectivity index is 2.21. The molecule has 1 aromatic carbocycles. The molecule has 1 aromatic heterocycles. The molecule has 0 spiro atoms. The second kappa shape index (κ2) is 5.41. The summed E-state index contributed by atoms with van der Waals surface area (Å²) in [5.74, 6) is 0.790. The van der Waals surface area contributed by atoms with Gasteiger partial charge in [-0.05, 0) is 31.7 Å². The number of hydrogen-bond donors (Lipinski definition) is 3. The van der Waals surface area contributed by atoms with Crippen molar-refractivity contribution in [2.24, 2.45) is 0 Å². The van der Waals surface area contributed by atoms with E-state index in [1.54, 1.807) is 31.5 Å². The van der Waals surface area contributed by atoms with Crippen LogP contribution in [0, 0.1) is 6.92 Å². The van der Waals surface area contributed by atoms with Gasteiger partial charge in [0.1, 0.15) is 5.82 Å². The SMILES string of the molecule is CNS(=O)(=O)c1cc(NCc2ncc[nH]2)ccc1C. The van der Waals surface area contributed by atoms with E-state index in [1.807, 2.05) is 6.07 Å². The van der Waals surface area contributed by atoms with Crippen LogP contribution < -0.4 is 10.0 Å². The molecule has 2 aromatic rings. The van der Waals surface area contributed by atoms with Gasteiger partial charge in [-0.15, -0.1) is 0 Å². The minimum absolute atomic E-state index is 0.277. The van der Waals surface area contributed by atoms with E-state index in [-0.39, 0.29) is 4.90 Å². The summed E-state index contributed by atoms with van der Waals surface area (Å²) in [5.41, 5.74) is 1.44. The largest absolute Gasteiger partial charge is 0.378 e. The maximum atomic E-state index is 11.8. The fraction of sp³-hybridized carbons (Fsp3) is 0.250. The van der Waals surface area contributed by atoms with Crippen molar-refractivity contribution in [3.05, 3.63) is 42.0 Å². The fourth-order valence-corrected chi connectivity index (χ4v) is 2.68. The van der Waals surface area contributed by atoms with Crippen molar-refractivity contribution in [3.8, 4) is 0 Å². The molecule has 0 saturated heterocycles. The lowest BCUT2D eigenvalue weighted by Gasteiger charge is -2.10. The summed E-state index contributed by atoms with van der Waals surface area (Å²) in [4.78, 5) is 7.34. The lowest BCUT2D eigenvalue weighted by Crippen LogP contribution is -2.19. The molecule has 0 bridgehead atoms. The topological polar surface area (TPSA) is 86.9 Å². The van der Waals surface area contributed by atoms with Crippen molar-refractivity contribution >= 4 is 15.7 Å². The van der Waals surface area contributed by atoms with Gasteiger partial charge in [-0.2, -0.15) is 0 Å². The lowest BCUT2D eigenvalue weighted by molar-refractivity contribution is 0.587. The van der Waals surface area contributed by atoms with Gasteiger partial charge in [0, 0.05) is 18.1 Å². The monoisotopic (exact) mass is 280 g/mol. The first-order chi connectivity index (χ1) is 9.03. The number of hydrogen-bond acceptors (Lipinski definition) is 4. The van der Waals surface area contributed by atoms with Crippen molar-refractivity contribution in [1.29, 1.82) is 0 Å². The van der Waals surface area contributed by atoms with E-state index in [2.05, 4.69) is 20.0 Å². The summed E-state index contributed by atoms with van der Waals surface area (Å²) >= 11 is 0. The Bertz CT molecular complexity index is 650. The fourth-order valence-electron chi connectivity index (χ4n) is 1.69. The number of H-pyrrole nitrogens is 1. The maximum absolute atomic E-state index is 11.8. The third kappa shape index (κ3) is 3.12. The van der Waals surface area contributed by atoms with Crippen molar-refractivity contribution in [1.82, 2.24) is 14.7 Å². The van der Waals surface area contributed by atoms with Gasteiger partial charge in [0.2, 0.25) is 10.0 Å². The van der Waals surface area contributed by atoms with E-state index in [9.17, 15) is 8.42 Å². The summed E-state index contributed by atoms with van der Waals surface area (Å²) in [5, 5.41) is 3.12. The number of sulfonamides is 1. The van der Waals surface area contributed by atoms with E-state index in [4.69, 9.17) is 0 Å². The smallest absolute Gasteiger partial charge is 0.240 e. The molecule has 3 N–H and O–H groups in total. The molecule has 6 nitrogen and oxygen atoms in total. The summed E-state index contributed by atoms with van der Waals surface area (Å²) < 4.78 is 26.0. The summed E-state index contributed by atoms with van der Waals surface area (Å²) in [6, 6.07) is 5.23. The quantitative estimate of drug-likeness (QED) is 0.769. The first-order valence-electron chi connectivity index (χ1n) is 5.79. The highest BCUT2D eigenvalue weighted by Crippen LogP contribution is 2.20. The molecule has 0 saturated carbocycles. The minimum Gasteiger partial charge on any atom is -0.378 e. The van der Waals surface area contributed by atoms with Crippen LogP contribution in [0.5, 0.6) is 0 Å². The Kier molecular flexibility index (Phi) is 3.87. The van der Waals surface area contributed by atoms with Gasteiger partial charge < -0.3 is 10.3 Å². The molecule has 0 amide bonds. The molecule has 7 heteroatoms. The number of rotatable bonds is 5. The van der Waals surface area contributed by atoms with E-state index >= 15 is 0 Å².